The number of ether oxygens (including phenoxy) is 1. The van der Waals surface area contributed by atoms with Crippen molar-refractivity contribution in [1.82, 2.24) is 0 Å². The smallest absolute Gasteiger partial charge is 0.302 e. The first-order valence-corrected chi connectivity index (χ1v) is 6.28. The summed E-state index contributed by atoms with van der Waals surface area (Å²) in [6.07, 6.45) is 3.96. The maximum Gasteiger partial charge on any atom is 0.302 e. The Morgan fingerprint density at radius 3 is 2.64 bits per heavy atom. The van der Waals surface area contributed by atoms with Crippen molar-refractivity contribution in [1.29, 1.82) is 0 Å². The van der Waals surface area contributed by atoms with E-state index in [1.54, 1.807) is 0 Å². The molecule has 3 nitrogen and oxygen atoms in total. The summed E-state index contributed by atoms with van der Waals surface area (Å²) in [6.45, 7) is 3.62. The zero-order valence-corrected chi connectivity index (χ0v) is 11.0. The molecule has 0 spiro atoms. The lowest BCUT2D eigenvalue weighted by Gasteiger charge is -2.16. The molecule has 4 heteroatoms. The van der Waals surface area contributed by atoms with Gasteiger partial charge in [-0.3, -0.25) is 4.79 Å². The summed E-state index contributed by atoms with van der Waals surface area (Å²) in [7, 11) is 0. The largest absolute Gasteiger partial charge is 0.463 e. The number of carbonyl (C=O) groups is 1. The van der Waals surface area contributed by atoms with Gasteiger partial charge in [0, 0.05) is 10.8 Å². The molecule has 0 aliphatic rings. The highest BCUT2D eigenvalue weighted by Gasteiger charge is 2.16. The number of hydrogen-bond acceptors (Lipinski definition) is 3. The number of carbonyl (C=O) groups excluding carboxylic acids is 1. The van der Waals surface area contributed by atoms with Crippen molar-refractivity contribution >= 4 is 28.6 Å². The Labute approximate surface area is 99.4 Å². The molecule has 0 amide bonds. The third-order valence-electron chi connectivity index (χ3n) is 1.96. The molecule has 0 rings (SSSR count). The molecule has 0 heterocycles. The fourth-order valence-corrected chi connectivity index (χ4v) is 1.74. The summed E-state index contributed by atoms with van der Waals surface area (Å²) in [6, 6.07) is 0. The Balaban J connectivity index is 3.53. The van der Waals surface area contributed by atoms with Crippen molar-refractivity contribution in [3.05, 3.63) is 0 Å². The van der Waals surface area contributed by atoms with E-state index in [2.05, 4.69) is 29.5 Å². The van der Waals surface area contributed by atoms with E-state index in [0.29, 0.717) is 0 Å². The number of alkyl halides is 1. The average molecular weight is 314 g/mol. The predicted octanol–water partition coefficient (Wildman–Crippen LogP) is 2.29. The van der Waals surface area contributed by atoms with Crippen molar-refractivity contribution in [3.63, 3.8) is 0 Å². The van der Waals surface area contributed by atoms with Crippen LogP contribution in [0.25, 0.3) is 0 Å². The van der Waals surface area contributed by atoms with E-state index in [9.17, 15) is 9.90 Å². The Hall–Kier alpha value is 0.160. The number of unbranched alkanes of at least 4 members (excludes halogenated alkanes) is 2. The van der Waals surface area contributed by atoms with Gasteiger partial charge in [0.05, 0.1) is 6.10 Å². The van der Waals surface area contributed by atoms with Gasteiger partial charge in [-0.25, -0.2) is 0 Å². The molecule has 0 fully saturated rings. The molecule has 84 valence electrons. The topological polar surface area (TPSA) is 46.5 Å². The maximum absolute atomic E-state index is 10.5. The zero-order chi connectivity index (χ0) is 11.0. The maximum atomic E-state index is 10.5. The quantitative estimate of drug-likeness (QED) is 0.339. The summed E-state index contributed by atoms with van der Waals surface area (Å²) in [4.78, 5) is 10.5. The van der Waals surface area contributed by atoms with Gasteiger partial charge in [0.1, 0.15) is 6.61 Å². The lowest BCUT2D eigenvalue weighted by Crippen LogP contribution is -2.26. The molecule has 0 aromatic rings. The molecule has 0 saturated heterocycles. The van der Waals surface area contributed by atoms with E-state index in [0.717, 1.165) is 12.8 Å². The van der Waals surface area contributed by atoms with Crippen molar-refractivity contribution in [2.75, 3.05) is 6.61 Å². The normalized spacial score (nSPS) is 14.9. The van der Waals surface area contributed by atoms with Gasteiger partial charge in [-0.05, 0) is 6.42 Å². The first-order chi connectivity index (χ1) is 6.57. The van der Waals surface area contributed by atoms with E-state index < -0.39 is 6.10 Å². The standard InChI is InChI=1S/C10H19IO3/c1-3-4-5-6-9(11)10(13)7-14-8(2)12/h9-10,13H,3-7H2,1-2H3/t9-,10+/m1/s1. The molecule has 2 atom stereocenters. The second-order valence-corrected chi connectivity index (χ2v) is 4.98. The van der Waals surface area contributed by atoms with Gasteiger partial charge < -0.3 is 9.84 Å². The van der Waals surface area contributed by atoms with Gasteiger partial charge in [-0.15, -0.1) is 0 Å². The highest BCUT2D eigenvalue weighted by molar-refractivity contribution is 14.1. The molecular formula is C10H19IO3. The summed E-state index contributed by atoms with van der Waals surface area (Å²) in [5.74, 6) is -0.332. The molecule has 14 heavy (non-hydrogen) atoms. The van der Waals surface area contributed by atoms with Crippen LogP contribution in [-0.2, 0) is 9.53 Å². The van der Waals surface area contributed by atoms with E-state index in [1.807, 2.05) is 0 Å². The Morgan fingerprint density at radius 1 is 1.50 bits per heavy atom. The van der Waals surface area contributed by atoms with E-state index in [1.165, 1.54) is 19.8 Å². The Bertz CT molecular complexity index is 161. The number of esters is 1. The Morgan fingerprint density at radius 2 is 2.14 bits per heavy atom. The van der Waals surface area contributed by atoms with Crippen LogP contribution >= 0.6 is 22.6 Å². The SMILES string of the molecule is CCCCC[C@@H](I)[C@@H](O)COC(C)=O. The second-order valence-electron chi connectivity index (χ2n) is 3.38. The minimum atomic E-state index is -0.531. The number of aliphatic hydroxyl groups is 1. The van der Waals surface area contributed by atoms with Gasteiger partial charge in [-0.2, -0.15) is 0 Å². The van der Waals surface area contributed by atoms with Gasteiger partial charge in [0.15, 0.2) is 0 Å². The van der Waals surface area contributed by atoms with Crippen molar-refractivity contribution in [2.24, 2.45) is 0 Å². The number of aliphatic hydroxyl groups excluding tert-OH is 1. The molecule has 0 unspecified atom stereocenters. The highest BCUT2D eigenvalue weighted by atomic mass is 127. The van der Waals surface area contributed by atoms with Gasteiger partial charge in [0.2, 0.25) is 0 Å². The summed E-state index contributed by atoms with van der Waals surface area (Å²) in [5, 5.41) is 9.58. The minimum Gasteiger partial charge on any atom is -0.463 e. The molecule has 0 aliphatic heterocycles. The summed E-state index contributed by atoms with van der Waals surface area (Å²) >= 11 is 2.21. The van der Waals surface area contributed by atoms with Crippen molar-refractivity contribution in [3.8, 4) is 0 Å². The van der Waals surface area contributed by atoms with Crippen LogP contribution in [-0.4, -0.2) is 27.7 Å². The number of hydrogen-bond donors (Lipinski definition) is 1. The van der Waals surface area contributed by atoms with E-state index in [-0.39, 0.29) is 16.5 Å². The monoisotopic (exact) mass is 314 g/mol. The second kappa shape index (κ2) is 8.47. The fourth-order valence-electron chi connectivity index (χ4n) is 1.09. The molecule has 0 aliphatic carbocycles. The third-order valence-corrected chi connectivity index (χ3v) is 3.41. The van der Waals surface area contributed by atoms with Gasteiger partial charge in [-0.1, -0.05) is 48.8 Å². The number of rotatable bonds is 7. The van der Waals surface area contributed by atoms with Gasteiger partial charge >= 0.3 is 5.97 Å². The van der Waals surface area contributed by atoms with Crippen LogP contribution < -0.4 is 0 Å². The molecule has 1 N–H and O–H groups in total. The predicted molar refractivity (Wildman–Crippen MR) is 64.6 cm³/mol. The highest BCUT2D eigenvalue weighted by Crippen LogP contribution is 2.15. The van der Waals surface area contributed by atoms with Crippen molar-refractivity contribution < 1.29 is 14.6 Å². The first kappa shape index (κ1) is 14.2. The van der Waals surface area contributed by atoms with Gasteiger partial charge in [0.25, 0.3) is 0 Å². The summed E-state index contributed by atoms with van der Waals surface area (Å²) < 4.78 is 4.92. The minimum absolute atomic E-state index is 0.120. The number of halogens is 1. The lowest BCUT2D eigenvalue weighted by molar-refractivity contribution is -0.143. The lowest BCUT2D eigenvalue weighted by atomic mass is 10.1. The van der Waals surface area contributed by atoms with Crippen LogP contribution in [0, 0.1) is 0 Å². The Kier molecular flexibility index (Phi) is 8.56. The van der Waals surface area contributed by atoms with E-state index >= 15 is 0 Å². The average Bonchev–Trinajstić information content (AvgIpc) is 2.14. The van der Waals surface area contributed by atoms with Crippen LogP contribution in [0.1, 0.15) is 39.5 Å². The molecule has 0 radical (unpaired) electrons. The zero-order valence-electron chi connectivity index (χ0n) is 8.83. The molecule has 0 aromatic carbocycles. The van der Waals surface area contributed by atoms with Crippen LogP contribution in [0.15, 0.2) is 0 Å². The fraction of sp³-hybridized carbons (Fsp3) is 0.900. The van der Waals surface area contributed by atoms with Crippen molar-refractivity contribution in [2.45, 2.75) is 49.6 Å². The molecule has 0 bridgehead atoms. The van der Waals surface area contributed by atoms with Crippen LogP contribution in [0.3, 0.4) is 0 Å². The van der Waals surface area contributed by atoms with Crippen LogP contribution in [0.2, 0.25) is 0 Å². The summed E-state index contributed by atoms with van der Waals surface area (Å²) in [5.41, 5.74) is 0. The first-order valence-electron chi connectivity index (χ1n) is 5.03. The molecule has 0 saturated carbocycles. The molecule has 0 aromatic heterocycles. The van der Waals surface area contributed by atoms with E-state index in [4.69, 9.17) is 4.74 Å². The molecular weight excluding hydrogens is 295 g/mol. The van der Waals surface area contributed by atoms with Crippen LogP contribution in [0.5, 0.6) is 0 Å². The third kappa shape index (κ3) is 7.55. The van der Waals surface area contributed by atoms with Crippen LogP contribution in [0.4, 0.5) is 0 Å².